The number of benzene rings is 1. The van der Waals surface area contributed by atoms with Crippen molar-refractivity contribution in [3.8, 4) is 0 Å². The zero-order valence-corrected chi connectivity index (χ0v) is 12.0. The van der Waals surface area contributed by atoms with Gasteiger partial charge in [-0.2, -0.15) is 0 Å². The molecule has 0 heterocycles. The Kier molecular flexibility index (Phi) is 3.88. The minimum atomic E-state index is -0.147. The highest BCUT2D eigenvalue weighted by atomic mass is 79.9. The summed E-state index contributed by atoms with van der Waals surface area (Å²) in [6, 6.07) is 4.96. The largest absolute Gasteiger partial charge is 0.319 e. The van der Waals surface area contributed by atoms with E-state index in [4.69, 9.17) is 0 Å². The summed E-state index contributed by atoms with van der Waals surface area (Å²) in [7, 11) is 1.99. The van der Waals surface area contributed by atoms with E-state index < -0.39 is 0 Å². The third-order valence-corrected chi connectivity index (χ3v) is 4.52. The number of rotatable bonds is 5. The molecule has 0 aromatic heterocycles. The lowest BCUT2D eigenvalue weighted by atomic mass is 9.79. The van der Waals surface area contributed by atoms with Gasteiger partial charge in [-0.1, -0.05) is 22.9 Å². The van der Waals surface area contributed by atoms with Crippen LogP contribution in [0.1, 0.15) is 25.3 Å². The molecule has 2 rings (SSSR count). The van der Waals surface area contributed by atoms with Crippen LogP contribution in [0.2, 0.25) is 0 Å². The molecule has 1 unspecified atom stereocenters. The molecule has 0 spiro atoms. The first-order chi connectivity index (χ1) is 8.05. The Hall–Kier alpha value is -0.410. The van der Waals surface area contributed by atoms with Gasteiger partial charge in [0.15, 0.2) is 0 Å². The molecule has 1 aromatic carbocycles. The standard InChI is InChI=1S/C14H19BrFN/c1-14(9-17-2,11-3-4-11)8-10-7-12(16)5-6-13(10)15/h5-7,11,17H,3-4,8-9H2,1-2H3. The van der Waals surface area contributed by atoms with Crippen molar-refractivity contribution in [2.45, 2.75) is 26.2 Å². The van der Waals surface area contributed by atoms with Crippen molar-refractivity contribution >= 4 is 15.9 Å². The summed E-state index contributed by atoms with van der Waals surface area (Å²) in [6.07, 6.45) is 3.55. The molecule has 1 aromatic rings. The summed E-state index contributed by atoms with van der Waals surface area (Å²) in [5, 5.41) is 3.27. The van der Waals surface area contributed by atoms with Gasteiger partial charge in [-0.25, -0.2) is 4.39 Å². The quantitative estimate of drug-likeness (QED) is 0.873. The van der Waals surface area contributed by atoms with E-state index in [0.717, 1.165) is 28.9 Å². The lowest BCUT2D eigenvalue weighted by molar-refractivity contribution is 0.262. The van der Waals surface area contributed by atoms with E-state index in [-0.39, 0.29) is 11.2 Å². The normalized spacial score (nSPS) is 19.1. The van der Waals surface area contributed by atoms with E-state index in [9.17, 15) is 4.39 Å². The molecule has 3 heteroatoms. The SMILES string of the molecule is CNCC(C)(Cc1cc(F)ccc1Br)C1CC1. The van der Waals surface area contributed by atoms with Crippen molar-refractivity contribution in [2.24, 2.45) is 11.3 Å². The second kappa shape index (κ2) is 5.07. The summed E-state index contributed by atoms with van der Waals surface area (Å²) in [5.74, 6) is 0.635. The molecule has 1 atom stereocenters. The van der Waals surface area contributed by atoms with Gasteiger partial charge in [0.2, 0.25) is 0 Å². The summed E-state index contributed by atoms with van der Waals surface area (Å²) < 4.78 is 14.3. The van der Waals surface area contributed by atoms with Gasteiger partial charge >= 0.3 is 0 Å². The molecule has 1 nitrogen and oxygen atoms in total. The lowest BCUT2D eigenvalue weighted by Crippen LogP contribution is -2.34. The van der Waals surface area contributed by atoms with Gasteiger partial charge in [0.25, 0.3) is 0 Å². The van der Waals surface area contributed by atoms with Crippen molar-refractivity contribution in [1.82, 2.24) is 5.32 Å². The Morgan fingerprint density at radius 1 is 1.47 bits per heavy atom. The summed E-state index contributed by atoms with van der Waals surface area (Å²) in [5.41, 5.74) is 1.32. The third kappa shape index (κ3) is 3.08. The van der Waals surface area contributed by atoms with Crippen molar-refractivity contribution in [3.63, 3.8) is 0 Å². The Morgan fingerprint density at radius 2 is 2.18 bits per heavy atom. The fraction of sp³-hybridized carbons (Fsp3) is 0.571. The Bertz CT molecular complexity index is 403. The monoisotopic (exact) mass is 299 g/mol. The summed E-state index contributed by atoms with van der Waals surface area (Å²) >= 11 is 3.52. The van der Waals surface area contributed by atoms with Gasteiger partial charge in [-0.15, -0.1) is 0 Å². The topological polar surface area (TPSA) is 12.0 Å². The van der Waals surface area contributed by atoms with E-state index in [2.05, 4.69) is 28.2 Å². The van der Waals surface area contributed by atoms with Gasteiger partial charge in [-0.05, 0) is 61.4 Å². The molecule has 1 aliphatic carbocycles. The molecule has 0 bridgehead atoms. The Morgan fingerprint density at radius 3 is 2.76 bits per heavy atom. The molecule has 0 aliphatic heterocycles. The maximum absolute atomic E-state index is 13.3. The highest BCUT2D eigenvalue weighted by Gasteiger charge is 2.41. The smallest absolute Gasteiger partial charge is 0.123 e. The highest BCUT2D eigenvalue weighted by Crippen LogP contribution is 2.47. The first kappa shape index (κ1) is 13.0. The van der Waals surface area contributed by atoms with Crippen LogP contribution in [-0.4, -0.2) is 13.6 Å². The maximum Gasteiger partial charge on any atom is 0.123 e. The number of halogens is 2. The van der Waals surface area contributed by atoms with E-state index in [1.165, 1.54) is 18.9 Å². The van der Waals surface area contributed by atoms with Gasteiger partial charge in [0.05, 0.1) is 0 Å². The Labute approximate surface area is 111 Å². The van der Waals surface area contributed by atoms with Crippen molar-refractivity contribution in [3.05, 3.63) is 34.1 Å². The molecular weight excluding hydrogens is 281 g/mol. The Balaban J connectivity index is 2.19. The molecule has 1 saturated carbocycles. The van der Waals surface area contributed by atoms with Gasteiger partial charge in [0.1, 0.15) is 5.82 Å². The molecule has 0 radical (unpaired) electrons. The third-order valence-electron chi connectivity index (χ3n) is 3.75. The van der Waals surface area contributed by atoms with Gasteiger partial charge < -0.3 is 5.32 Å². The predicted octanol–water partition coefficient (Wildman–Crippen LogP) is 3.77. The number of hydrogen-bond acceptors (Lipinski definition) is 1. The van der Waals surface area contributed by atoms with E-state index in [0.29, 0.717) is 0 Å². The average molecular weight is 300 g/mol. The van der Waals surface area contributed by atoms with E-state index in [1.54, 1.807) is 12.1 Å². The zero-order chi connectivity index (χ0) is 12.5. The molecule has 0 amide bonds. The van der Waals surface area contributed by atoms with E-state index in [1.807, 2.05) is 7.05 Å². The van der Waals surface area contributed by atoms with Crippen molar-refractivity contribution in [2.75, 3.05) is 13.6 Å². The van der Waals surface area contributed by atoms with Crippen LogP contribution in [0.3, 0.4) is 0 Å². The first-order valence-corrected chi connectivity index (χ1v) is 6.93. The van der Waals surface area contributed by atoms with Crippen LogP contribution >= 0.6 is 15.9 Å². The number of hydrogen-bond donors (Lipinski definition) is 1. The van der Waals surface area contributed by atoms with E-state index >= 15 is 0 Å². The second-order valence-electron chi connectivity index (χ2n) is 5.37. The second-order valence-corrected chi connectivity index (χ2v) is 6.23. The van der Waals surface area contributed by atoms with Crippen LogP contribution in [0.15, 0.2) is 22.7 Å². The molecule has 1 N–H and O–H groups in total. The van der Waals surface area contributed by atoms with Crippen LogP contribution in [0.5, 0.6) is 0 Å². The molecule has 94 valence electrons. The van der Waals surface area contributed by atoms with Crippen LogP contribution in [0.25, 0.3) is 0 Å². The van der Waals surface area contributed by atoms with Gasteiger partial charge in [0, 0.05) is 11.0 Å². The first-order valence-electron chi connectivity index (χ1n) is 6.14. The van der Waals surface area contributed by atoms with Crippen LogP contribution in [0, 0.1) is 17.2 Å². The van der Waals surface area contributed by atoms with Crippen LogP contribution < -0.4 is 5.32 Å². The highest BCUT2D eigenvalue weighted by molar-refractivity contribution is 9.10. The predicted molar refractivity (Wildman–Crippen MR) is 72.6 cm³/mol. The average Bonchev–Trinajstić information content (AvgIpc) is 3.07. The fourth-order valence-corrected chi connectivity index (χ4v) is 3.04. The van der Waals surface area contributed by atoms with Crippen LogP contribution in [0.4, 0.5) is 4.39 Å². The van der Waals surface area contributed by atoms with Gasteiger partial charge in [-0.3, -0.25) is 0 Å². The molecular formula is C14H19BrFN. The molecule has 17 heavy (non-hydrogen) atoms. The summed E-state index contributed by atoms with van der Waals surface area (Å²) in [6.45, 7) is 3.29. The zero-order valence-electron chi connectivity index (χ0n) is 10.4. The van der Waals surface area contributed by atoms with Crippen molar-refractivity contribution < 1.29 is 4.39 Å². The maximum atomic E-state index is 13.3. The molecule has 1 aliphatic rings. The number of nitrogens with one attached hydrogen (secondary N) is 1. The summed E-state index contributed by atoms with van der Waals surface area (Å²) in [4.78, 5) is 0. The molecule has 0 saturated heterocycles. The minimum Gasteiger partial charge on any atom is -0.319 e. The van der Waals surface area contributed by atoms with Crippen molar-refractivity contribution in [1.29, 1.82) is 0 Å². The molecule has 1 fully saturated rings. The fourth-order valence-electron chi connectivity index (χ4n) is 2.65. The minimum absolute atomic E-state index is 0.147. The lowest BCUT2D eigenvalue weighted by Gasteiger charge is -2.30. The van der Waals surface area contributed by atoms with Crippen LogP contribution in [-0.2, 0) is 6.42 Å².